The molecule has 0 spiro atoms. The lowest BCUT2D eigenvalue weighted by atomic mass is 9.87. The molecule has 0 saturated carbocycles. The van der Waals surface area contributed by atoms with E-state index in [-0.39, 0.29) is 11.3 Å². The van der Waals surface area contributed by atoms with Crippen molar-refractivity contribution in [1.29, 1.82) is 0 Å². The molecule has 0 saturated heterocycles. The molecule has 1 aromatic carbocycles. The summed E-state index contributed by atoms with van der Waals surface area (Å²) in [7, 11) is 5.43. The third kappa shape index (κ3) is 3.86. The van der Waals surface area contributed by atoms with E-state index < -0.39 is 0 Å². The zero-order chi connectivity index (χ0) is 23.9. The fourth-order valence-electron chi connectivity index (χ4n) is 4.77. The number of amides is 1. The Labute approximate surface area is 199 Å². The normalized spacial score (nSPS) is 18.9. The molecule has 0 radical (unpaired) electrons. The summed E-state index contributed by atoms with van der Waals surface area (Å²) in [4.78, 5) is 30.4. The van der Waals surface area contributed by atoms with Crippen molar-refractivity contribution >= 4 is 29.2 Å². The van der Waals surface area contributed by atoms with Crippen LogP contribution < -0.4 is 15.5 Å². The standard InChI is InChI=1S/C25H29N7O2/c1-25(15-34-4)14-32(21-7-5-6-18(28-21)11-26-2)22-20(25)12-27-24(30-22)29-17-8-9-19-16(10-17)13-31(3)23(19)33/h5-10,12,26H,11,13-15H2,1-4H3,(H,27,29,30). The highest BCUT2D eigenvalue weighted by Gasteiger charge is 2.42. The first kappa shape index (κ1) is 22.2. The van der Waals surface area contributed by atoms with E-state index >= 15 is 0 Å². The molecular formula is C25H29N7O2. The van der Waals surface area contributed by atoms with Crippen LogP contribution in [0, 0.1) is 0 Å². The second-order valence-corrected chi connectivity index (χ2v) is 9.19. The van der Waals surface area contributed by atoms with E-state index in [1.807, 2.05) is 56.7 Å². The van der Waals surface area contributed by atoms with Crippen LogP contribution in [0.2, 0.25) is 0 Å². The number of carbonyl (C=O) groups excluding carboxylic acids is 1. The Balaban J connectivity index is 1.49. The summed E-state index contributed by atoms with van der Waals surface area (Å²) in [5.74, 6) is 2.21. The predicted octanol–water partition coefficient (Wildman–Crippen LogP) is 2.98. The highest BCUT2D eigenvalue weighted by molar-refractivity contribution is 5.98. The molecule has 0 fully saturated rings. The van der Waals surface area contributed by atoms with Gasteiger partial charge in [-0.1, -0.05) is 13.0 Å². The number of methoxy groups -OCH3 is 1. The number of nitrogens with zero attached hydrogens (tertiary/aromatic N) is 5. The lowest BCUT2D eigenvalue weighted by Crippen LogP contribution is -2.33. The number of ether oxygens (including phenoxy) is 1. The van der Waals surface area contributed by atoms with Crippen LogP contribution in [-0.4, -0.2) is 60.1 Å². The van der Waals surface area contributed by atoms with Gasteiger partial charge in [-0.15, -0.1) is 0 Å². The van der Waals surface area contributed by atoms with Gasteiger partial charge in [0, 0.05) is 62.2 Å². The molecule has 4 heterocycles. The number of benzene rings is 1. The number of nitrogens with one attached hydrogen (secondary N) is 2. The van der Waals surface area contributed by atoms with Crippen LogP contribution >= 0.6 is 0 Å². The number of hydrogen-bond donors (Lipinski definition) is 2. The third-order valence-corrected chi connectivity index (χ3v) is 6.42. The first-order valence-corrected chi connectivity index (χ1v) is 11.3. The van der Waals surface area contributed by atoms with E-state index in [1.54, 1.807) is 12.0 Å². The van der Waals surface area contributed by atoms with Crippen LogP contribution in [0.15, 0.2) is 42.6 Å². The number of rotatable bonds is 7. The molecule has 176 valence electrons. The van der Waals surface area contributed by atoms with Gasteiger partial charge in [-0.25, -0.2) is 9.97 Å². The Morgan fingerprint density at radius 2 is 2.06 bits per heavy atom. The minimum atomic E-state index is -0.262. The smallest absolute Gasteiger partial charge is 0.254 e. The van der Waals surface area contributed by atoms with Gasteiger partial charge in [-0.3, -0.25) is 4.79 Å². The molecule has 2 aliphatic heterocycles. The number of carbonyl (C=O) groups is 1. The fourth-order valence-corrected chi connectivity index (χ4v) is 4.77. The van der Waals surface area contributed by atoms with Crippen LogP contribution in [0.3, 0.4) is 0 Å². The second kappa shape index (κ2) is 8.66. The summed E-state index contributed by atoms with van der Waals surface area (Å²) in [5.41, 5.74) is 4.33. The minimum Gasteiger partial charge on any atom is -0.384 e. The molecule has 0 aliphatic carbocycles. The van der Waals surface area contributed by atoms with Gasteiger partial charge in [0.2, 0.25) is 5.95 Å². The largest absolute Gasteiger partial charge is 0.384 e. The highest BCUT2D eigenvalue weighted by Crippen LogP contribution is 2.43. The van der Waals surface area contributed by atoms with Gasteiger partial charge in [0.15, 0.2) is 0 Å². The predicted molar refractivity (Wildman–Crippen MR) is 131 cm³/mol. The maximum Gasteiger partial charge on any atom is 0.254 e. The van der Waals surface area contributed by atoms with Crippen molar-refractivity contribution in [3.05, 3.63) is 65.0 Å². The summed E-state index contributed by atoms with van der Waals surface area (Å²) in [6.45, 7) is 4.70. The topological polar surface area (TPSA) is 95.5 Å². The number of pyridine rings is 1. The average molecular weight is 460 g/mol. The molecule has 1 unspecified atom stereocenters. The molecule has 34 heavy (non-hydrogen) atoms. The van der Waals surface area contributed by atoms with Crippen molar-refractivity contribution in [2.75, 3.05) is 44.6 Å². The van der Waals surface area contributed by atoms with Gasteiger partial charge >= 0.3 is 0 Å². The number of anilines is 4. The van der Waals surface area contributed by atoms with E-state index in [0.29, 0.717) is 32.2 Å². The zero-order valence-corrected chi connectivity index (χ0v) is 19.9. The molecule has 3 aromatic rings. The molecule has 2 aliphatic rings. The van der Waals surface area contributed by atoms with E-state index in [0.717, 1.165) is 39.7 Å². The van der Waals surface area contributed by atoms with E-state index in [4.69, 9.17) is 14.7 Å². The number of aromatic nitrogens is 3. The van der Waals surface area contributed by atoms with Gasteiger partial charge in [-0.05, 0) is 42.9 Å². The molecule has 1 atom stereocenters. The Hall–Kier alpha value is -3.56. The van der Waals surface area contributed by atoms with E-state index in [1.165, 1.54) is 0 Å². The Bertz CT molecular complexity index is 1250. The van der Waals surface area contributed by atoms with E-state index in [9.17, 15) is 4.79 Å². The molecule has 5 rings (SSSR count). The first-order valence-electron chi connectivity index (χ1n) is 11.3. The SMILES string of the molecule is CNCc1cccc(N2CC(C)(COC)c3cnc(Nc4ccc5c(c4)CN(C)C5=O)nc32)n1. The fraction of sp³-hybridized carbons (Fsp3) is 0.360. The second-order valence-electron chi connectivity index (χ2n) is 9.19. The van der Waals surface area contributed by atoms with Gasteiger partial charge in [0.25, 0.3) is 5.91 Å². The molecule has 0 bridgehead atoms. The number of hydrogen-bond acceptors (Lipinski definition) is 8. The first-order chi connectivity index (χ1) is 16.4. The third-order valence-electron chi connectivity index (χ3n) is 6.42. The van der Waals surface area contributed by atoms with Crippen molar-refractivity contribution < 1.29 is 9.53 Å². The average Bonchev–Trinajstić information content (AvgIpc) is 3.27. The highest BCUT2D eigenvalue weighted by atomic mass is 16.5. The Morgan fingerprint density at radius 3 is 2.85 bits per heavy atom. The molecular weight excluding hydrogens is 430 g/mol. The van der Waals surface area contributed by atoms with Crippen LogP contribution in [-0.2, 0) is 23.2 Å². The quantitative estimate of drug-likeness (QED) is 0.557. The Morgan fingerprint density at radius 1 is 1.21 bits per heavy atom. The minimum absolute atomic E-state index is 0.0522. The molecule has 2 aromatic heterocycles. The van der Waals surface area contributed by atoms with Crippen molar-refractivity contribution in [2.24, 2.45) is 0 Å². The summed E-state index contributed by atoms with van der Waals surface area (Å²) < 4.78 is 5.56. The maximum atomic E-state index is 12.2. The molecule has 9 nitrogen and oxygen atoms in total. The lowest BCUT2D eigenvalue weighted by molar-refractivity contribution is 0.0816. The van der Waals surface area contributed by atoms with Crippen LogP contribution in [0.1, 0.15) is 34.1 Å². The maximum absolute atomic E-state index is 12.2. The van der Waals surface area contributed by atoms with Gasteiger partial charge in [0.1, 0.15) is 11.6 Å². The zero-order valence-electron chi connectivity index (χ0n) is 19.9. The lowest BCUT2D eigenvalue weighted by Gasteiger charge is -2.24. The summed E-state index contributed by atoms with van der Waals surface area (Å²) in [6, 6.07) is 11.8. The molecule has 1 amide bonds. The molecule has 9 heteroatoms. The van der Waals surface area contributed by atoms with Crippen LogP contribution in [0.25, 0.3) is 0 Å². The van der Waals surface area contributed by atoms with Crippen LogP contribution in [0.5, 0.6) is 0 Å². The monoisotopic (exact) mass is 459 g/mol. The van der Waals surface area contributed by atoms with Crippen molar-refractivity contribution in [2.45, 2.75) is 25.4 Å². The van der Waals surface area contributed by atoms with E-state index in [2.05, 4.69) is 27.4 Å². The number of fused-ring (bicyclic) bond motifs is 2. The summed E-state index contributed by atoms with van der Waals surface area (Å²) in [5, 5.41) is 6.47. The van der Waals surface area contributed by atoms with Crippen molar-refractivity contribution in [1.82, 2.24) is 25.2 Å². The summed E-state index contributed by atoms with van der Waals surface area (Å²) in [6.07, 6.45) is 1.88. The van der Waals surface area contributed by atoms with Gasteiger partial charge < -0.3 is 25.2 Å². The van der Waals surface area contributed by atoms with Gasteiger partial charge in [-0.2, -0.15) is 4.98 Å². The van der Waals surface area contributed by atoms with Crippen molar-refractivity contribution in [3.8, 4) is 0 Å². The Kier molecular flexibility index (Phi) is 5.66. The van der Waals surface area contributed by atoms with Crippen molar-refractivity contribution in [3.63, 3.8) is 0 Å². The molecule has 2 N–H and O–H groups in total. The van der Waals surface area contributed by atoms with Crippen LogP contribution in [0.4, 0.5) is 23.3 Å². The summed E-state index contributed by atoms with van der Waals surface area (Å²) >= 11 is 0. The van der Waals surface area contributed by atoms with Gasteiger partial charge in [0.05, 0.1) is 12.3 Å².